The quantitative estimate of drug-likeness (QED) is 0.472. The number of benzene rings is 2. The first-order chi connectivity index (χ1) is 14.9. The highest BCUT2D eigenvalue weighted by Crippen LogP contribution is 2.26. The van der Waals surface area contributed by atoms with E-state index in [0.29, 0.717) is 26.4 Å². The van der Waals surface area contributed by atoms with Crippen molar-refractivity contribution >= 4 is 39.6 Å². The number of ether oxygens (including phenoxy) is 1. The summed E-state index contributed by atoms with van der Waals surface area (Å²) in [5, 5.41) is 11.0. The molecular formula is C21H18ClN5O3S. The van der Waals surface area contributed by atoms with E-state index in [1.165, 1.54) is 21.9 Å². The van der Waals surface area contributed by atoms with Crippen molar-refractivity contribution < 1.29 is 9.53 Å². The highest BCUT2D eigenvalue weighted by Gasteiger charge is 2.12. The van der Waals surface area contributed by atoms with Crippen LogP contribution in [0.25, 0.3) is 15.5 Å². The minimum Gasteiger partial charge on any atom is -0.497 e. The van der Waals surface area contributed by atoms with Crippen molar-refractivity contribution in [2.45, 2.75) is 13.5 Å². The predicted molar refractivity (Wildman–Crippen MR) is 121 cm³/mol. The summed E-state index contributed by atoms with van der Waals surface area (Å²) in [5.74, 6) is 0.736. The van der Waals surface area contributed by atoms with Crippen molar-refractivity contribution in [3.63, 3.8) is 0 Å². The molecule has 158 valence electrons. The Bertz CT molecular complexity index is 1320. The summed E-state index contributed by atoms with van der Waals surface area (Å²) in [7, 11) is 1.60. The second-order valence-electron chi connectivity index (χ2n) is 6.69. The van der Waals surface area contributed by atoms with Crippen LogP contribution >= 0.6 is 22.9 Å². The first-order valence-corrected chi connectivity index (χ1v) is 10.5. The van der Waals surface area contributed by atoms with Gasteiger partial charge >= 0.3 is 6.03 Å². The van der Waals surface area contributed by atoms with Gasteiger partial charge in [-0.3, -0.25) is 4.79 Å². The van der Waals surface area contributed by atoms with Gasteiger partial charge < -0.3 is 15.4 Å². The molecule has 8 nitrogen and oxygen atoms in total. The summed E-state index contributed by atoms with van der Waals surface area (Å²) in [6.07, 6.45) is 0. The van der Waals surface area contributed by atoms with Crippen LogP contribution in [0.4, 0.5) is 10.5 Å². The third-order valence-electron chi connectivity index (χ3n) is 4.49. The van der Waals surface area contributed by atoms with Crippen molar-refractivity contribution in [3.05, 3.63) is 75.2 Å². The van der Waals surface area contributed by atoms with Gasteiger partial charge in [0, 0.05) is 22.3 Å². The Morgan fingerprint density at radius 3 is 2.68 bits per heavy atom. The van der Waals surface area contributed by atoms with Crippen LogP contribution in [0.3, 0.4) is 0 Å². The Labute approximate surface area is 186 Å². The molecule has 2 aromatic heterocycles. The van der Waals surface area contributed by atoms with E-state index in [0.717, 1.165) is 16.9 Å². The van der Waals surface area contributed by atoms with Gasteiger partial charge in [0.05, 0.1) is 19.3 Å². The van der Waals surface area contributed by atoms with Crippen LogP contribution < -0.4 is 20.9 Å². The predicted octanol–water partition coefficient (Wildman–Crippen LogP) is 4.11. The Hall–Kier alpha value is -3.43. The number of nitrogens with one attached hydrogen (secondary N) is 2. The molecule has 2 aromatic carbocycles. The monoisotopic (exact) mass is 455 g/mol. The van der Waals surface area contributed by atoms with Crippen molar-refractivity contribution in [3.8, 4) is 16.3 Å². The van der Waals surface area contributed by atoms with Crippen molar-refractivity contribution in [1.29, 1.82) is 0 Å². The molecule has 0 aliphatic carbocycles. The van der Waals surface area contributed by atoms with Gasteiger partial charge in [-0.2, -0.15) is 9.61 Å². The molecule has 2 heterocycles. The fourth-order valence-electron chi connectivity index (χ4n) is 2.81. The standard InChI is InChI=1S/C21H18ClN5O3S/c1-12-3-6-14(9-17(12)22)24-20(29)23-11-15-10-18(28)27-21(25-15)31-19(26-27)13-4-7-16(30-2)8-5-13/h3-10H,11H2,1-2H3,(H2,23,24,29). The van der Waals surface area contributed by atoms with Gasteiger partial charge in [-0.25, -0.2) is 9.78 Å². The number of rotatable bonds is 5. The lowest BCUT2D eigenvalue weighted by atomic mass is 10.2. The summed E-state index contributed by atoms with van der Waals surface area (Å²) in [6.45, 7) is 1.97. The number of urea groups is 1. The Morgan fingerprint density at radius 2 is 1.97 bits per heavy atom. The summed E-state index contributed by atoms with van der Waals surface area (Å²) >= 11 is 7.36. The molecule has 4 aromatic rings. The molecule has 0 radical (unpaired) electrons. The molecule has 31 heavy (non-hydrogen) atoms. The first-order valence-electron chi connectivity index (χ1n) is 9.28. The van der Waals surface area contributed by atoms with Gasteiger partial charge in [0.2, 0.25) is 4.96 Å². The van der Waals surface area contributed by atoms with Gasteiger partial charge in [-0.15, -0.1) is 0 Å². The highest BCUT2D eigenvalue weighted by atomic mass is 35.5. The molecule has 2 N–H and O–H groups in total. The van der Waals surface area contributed by atoms with Crippen molar-refractivity contribution in [2.75, 3.05) is 12.4 Å². The number of carbonyl (C=O) groups excluding carboxylic acids is 1. The van der Waals surface area contributed by atoms with Crippen LogP contribution in [0.15, 0.2) is 53.3 Å². The molecule has 0 aliphatic heterocycles. The van der Waals surface area contributed by atoms with Crippen LogP contribution in [-0.4, -0.2) is 27.7 Å². The molecule has 0 saturated heterocycles. The second-order valence-corrected chi connectivity index (χ2v) is 8.05. The smallest absolute Gasteiger partial charge is 0.319 e. The molecule has 0 saturated carbocycles. The number of anilines is 1. The van der Waals surface area contributed by atoms with Crippen LogP contribution in [0.1, 0.15) is 11.3 Å². The van der Waals surface area contributed by atoms with E-state index in [-0.39, 0.29) is 12.1 Å². The van der Waals surface area contributed by atoms with E-state index in [1.807, 2.05) is 37.3 Å². The molecule has 4 rings (SSSR count). The number of amides is 2. The van der Waals surface area contributed by atoms with Crippen LogP contribution in [-0.2, 0) is 6.54 Å². The molecule has 10 heteroatoms. The van der Waals surface area contributed by atoms with Gasteiger partial charge in [0.25, 0.3) is 5.56 Å². The summed E-state index contributed by atoms with van der Waals surface area (Å²) < 4.78 is 6.41. The largest absolute Gasteiger partial charge is 0.497 e. The van der Waals surface area contributed by atoms with Crippen molar-refractivity contribution in [2.24, 2.45) is 0 Å². The second kappa shape index (κ2) is 8.75. The maximum Gasteiger partial charge on any atom is 0.319 e. The molecule has 0 aliphatic rings. The Kier molecular flexibility index (Phi) is 5.88. The fraction of sp³-hybridized carbons (Fsp3) is 0.143. The minimum absolute atomic E-state index is 0.0902. The van der Waals surface area contributed by atoms with Gasteiger partial charge in [0.1, 0.15) is 10.8 Å². The average molecular weight is 456 g/mol. The highest BCUT2D eigenvalue weighted by molar-refractivity contribution is 7.19. The van der Waals surface area contributed by atoms with E-state index >= 15 is 0 Å². The number of methoxy groups -OCH3 is 1. The number of carbonyl (C=O) groups is 1. The SMILES string of the molecule is COc1ccc(-c2nn3c(=O)cc(CNC(=O)Nc4ccc(C)c(Cl)c4)nc3s2)cc1. The van der Waals surface area contributed by atoms with Crippen LogP contribution in [0.5, 0.6) is 5.75 Å². The van der Waals surface area contributed by atoms with E-state index in [1.54, 1.807) is 19.2 Å². The lowest BCUT2D eigenvalue weighted by molar-refractivity contribution is 0.251. The average Bonchev–Trinajstić information content (AvgIpc) is 3.20. The number of hydrogen-bond donors (Lipinski definition) is 2. The summed E-state index contributed by atoms with van der Waals surface area (Å²) in [5.41, 5.74) is 2.47. The lowest BCUT2D eigenvalue weighted by Crippen LogP contribution is -2.29. The number of fused-ring (bicyclic) bond motifs is 1. The number of halogens is 1. The molecule has 0 unspecified atom stereocenters. The molecule has 0 bridgehead atoms. The molecule has 0 atom stereocenters. The van der Waals surface area contributed by atoms with E-state index < -0.39 is 6.03 Å². The zero-order valence-electron chi connectivity index (χ0n) is 16.7. The summed E-state index contributed by atoms with van der Waals surface area (Å²) in [6, 6.07) is 13.6. The topological polar surface area (TPSA) is 97.6 Å². The molecule has 0 fully saturated rings. The fourth-order valence-corrected chi connectivity index (χ4v) is 3.92. The zero-order chi connectivity index (χ0) is 22.0. The number of aromatic nitrogens is 3. The Morgan fingerprint density at radius 1 is 1.19 bits per heavy atom. The maximum atomic E-state index is 12.5. The minimum atomic E-state index is -0.426. The zero-order valence-corrected chi connectivity index (χ0v) is 18.3. The third-order valence-corrected chi connectivity index (χ3v) is 5.86. The Balaban J connectivity index is 1.48. The number of aryl methyl sites for hydroxylation is 1. The summed E-state index contributed by atoms with van der Waals surface area (Å²) in [4.78, 5) is 29.5. The maximum absolute atomic E-state index is 12.5. The van der Waals surface area contributed by atoms with Crippen molar-refractivity contribution in [1.82, 2.24) is 19.9 Å². The lowest BCUT2D eigenvalue weighted by Gasteiger charge is -2.08. The van der Waals surface area contributed by atoms with Gasteiger partial charge in [-0.05, 0) is 48.9 Å². The van der Waals surface area contributed by atoms with Gasteiger partial charge in [0.15, 0.2) is 0 Å². The van der Waals surface area contributed by atoms with E-state index in [2.05, 4.69) is 20.7 Å². The van der Waals surface area contributed by atoms with E-state index in [9.17, 15) is 9.59 Å². The molecule has 0 spiro atoms. The van der Waals surface area contributed by atoms with E-state index in [4.69, 9.17) is 16.3 Å². The number of nitrogens with zero attached hydrogens (tertiary/aromatic N) is 3. The van der Waals surface area contributed by atoms with Gasteiger partial charge in [-0.1, -0.05) is 29.0 Å². The van der Waals surface area contributed by atoms with Crippen LogP contribution in [0, 0.1) is 6.92 Å². The molecular weight excluding hydrogens is 438 g/mol. The molecule has 2 amide bonds. The van der Waals surface area contributed by atoms with Crippen LogP contribution in [0.2, 0.25) is 5.02 Å². The third kappa shape index (κ3) is 4.68. The first kappa shape index (κ1) is 20.8. The normalized spacial score (nSPS) is 10.8. The number of hydrogen-bond acceptors (Lipinski definition) is 6.